The van der Waals surface area contributed by atoms with E-state index in [-0.39, 0.29) is 12.6 Å². The molecule has 0 radical (unpaired) electrons. The van der Waals surface area contributed by atoms with Crippen LogP contribution in [0.25, 0.3) is 11.0 Å². The van der Waals surface area contributed by atoms with Crippen LogP contribution >= 0.6 is 11.8 Å². The normalized spacial score (nSPS) is 13.0. The lowest BCUT2D eigenvalue weighted by Gasteiger charge is -2.18. The topological polar surface area (TPSA) is 70.2 Å². The molecule has 0 amide bonds. The van der Waals surface area contributed by atoms with Gasteiger partial charge >= 0.3 is 0 Å². The first-order valence-electron chi connectivity index (χ1n) is 7.16. The molecule has 6 heteroatoms. The lowest BCUT2D eigenvalue weighted by Crippen LogP contribution is -2.37. The second-order valence-corrected chi connectivity index (χ2v) is 6.35. The smallest absolute Gasteiger partial charge is 0.166 e. The molecule has 1 atom stereocenters. The molecule has 116 valence electrons. The molecule has 2 rings (SSSR count). The van der Waals surface area contributed by atoms with Crippen molar-refractivity contribution in [3.63, 3.8) is 0 Å². The number of hydrogen-bond acceptors (Lipinski definition) is 5. The number of H-pyrrole nitrogens is 1. The number of aromatic amines is 1. The maximum atomic E-state index is 9.34. The molecular weight excluding hydrogens is 286 g/mol. The number of methoxy groups -OCH3 is 1. The van der Waals surface area contributed by atoms with Gasteiger partial charge in [0.15, 0.2) is 5.16 Å². The third-order valence-corrected chi connectivity index (χ3v) is 4.07. The van der Waals surface area contributed by atoms with Gasteiger partial charge in [-0.3, -0.25) is 0 Å². The van der Waals surface area contributed by atoms with Gasteiger partial charge in [-0.05, 0) is 18.6 Å². The standard InChI is InChI=1S/C15H23N3O2S/c1-10(2)16-11(9-19)6-7-21-15-17-13-5-4-12(20-3)8-14(13)18-15/h4-5,8,10-11,16,19H,6-7,9H2,1-3H3,(H,17,18). The summed E-state index contributed by atoms with van der Waals surface area (Å²) in [5, 5.41) is 13.6. The Morgan fingerprint density at radius 1 is 1.43 bits per heavy atom. The molecule has 0 bridgehead atoms. The minimum absolute atomic E-state index is 0.141. The monoisotopic (exact) mass is 309 g/mol. The molecule has 1 aromatic heterocycles. The van der Waals surface area contributed by atoms with Crippen molar-refractivity contribution in [1.29, 1.82) is 0 Å². The van der Waals surface area contributed by atoms with Crippen molar-refractivity contribution in [3.8, 4) is 5.75 Å². The van der Waals surface area contributed by atoms with Crippen molar-refractivity contribution in [2.24, 2.45) is 0 Å². The number of aromatic nitrogens is 2. The molecule has 1 aromatic carbocycles. The van der Waals surface area contributed by atoms with Crippen LogP contribution in [0.1, 0.15) is 20.3 Å². The summed E-state index contributed by atoms with van der Waals surface area (Å²) in [6, 6.07) is 6.33. The fourth-order valence-electron chi connectivity index (χ4n) is 2.16. The Morgan fingerprint density at radius 3 is 2.90 bits per heavy atom. The number of thioether (sulfide) groups is 1. The first-order valence-corrected chi connectivity index (χ1v) is 8.14. The van der Waals surface area contributed by atoms with E-state index in [1.165, 1.54) is 0 Å². The zero-order valence-electron chi connectivity index (χ0n) is 12.7. The number of aliphatic hydroxyl groups is 1. The van der Waals surface area contributed by atoms with E-state index < -0.39 is 0 Å². The second kappa shape index (κ2) is 7.68. The molecule has 0 saturated carbocycles. The summed E-state index contributed by atoms with van der Waals surface area (Å²) >= 11 is 1.67. The summed E-state index contributed by atoms with van der Waals surface area (Å²) in [5.41, 5.74) is 1.92. The first-order chi connectivity index (χ1) is 10.1. The van der Waals surface area contributed by atoms with Crippen LogP contribution in [0.5, 0.6) is 5.75 Å². The molecule has 3 N–H and O–H groups in total. The van der Waals surface area contributed by atoms with Crippen molar-refractivity contribution >= 4 is 22.8 Å². The molecule has 21 heavy (non-hydrogen) atoms. The van der Waals surface area contributed by atoms with E-state index >= 15 is 0 Å². The molecule has 0 aliphatic carbocycles. The van der Waals surface area contributed by atoms with Gasteiger partial charge in [0, 0.05) is 23.9 Å². The molecule has 0 fully saturated rings. The fourth-order valence-corrected chi connectivity index (χ4v) is 3.10. The molecule has 0 spiro atoms. The minimum Gasteiger partial charge on any atom is -0.497 e. The van der Waals surface area contributed by atoms with Gasteiger partial charge < -0.3 is 20.1 Å². The number of ether oxygens (including phenoxy) is 1. The number of hydrogen-bond donors (Lipinski definition) is 3. The predicted octanol–water partition coefficient (Wildman–Crippen LogP) is 2.41. The molecule has 1 heterocycles. The fraction of sp³-hybridized carbons (Fsp3) is 0.533. The Kier molecular flexibility index (Phi) is 5.90. The van der Waals surface area contributed by atoms with Crippen LogP contribution in [-0.4, -0.2) is 46.6 Å². The maximum Gasteiger partial charge on any atom is 0.166 e. The molecular formula is C15H23N3O2S. The SMILES string of the molecule is COc1ccc2nc(SCCC(CO)NC(C)C)[nH]c2c1. The molecule has 1 unspecified atom stereocenters. The van der Waals surface area contributed by atoms with Gasteiger partial charge in [0.1, 0.15) is 5.75 Å². The van der Waals surface area contributed by atoms with Crippen molar-refractivity contribution in [3.05, 3.63) is 18.2 Å². The van der Waals surface area contributed by atoms with Crippen LogP contribution in [0.2, 0.25) is 0 Å². The van der Waals surface area contributed by atoms with E-state index in [1.807, 2.05) is 18.2 Å². The Bertz CT molecular complexity index is 571. The lowest BCUT2D eigenvalue weighted by atomic mass is 10.2. The molecule has 5 nitrogen and oxygen atoms in total. The number of nitrogens with zero attached hydrogens (tertiary/aromatic N) is 1. The van der Waals surface area contributed by atoms with Crippen molar-refractivity contribution in [2.45, 2.75) is 37.5 Å². The maximum absolute atomic E-state index is 9.34. The summed E-state index contributed by atoms with van der Waals surface area (Å²) in [5.74, 6) is 1.73. The van der Waals surface area contributed by atoms with Gasteiger partial charge in [0.05, 0.1) is 24.8 Å². The number of nitrogens with one attached hydrogen (secondary N) is 2. The zero-order valence-corrected chi connectivity index (χ0v) is 13.5. The average Bonchev–Trinajstić information content (AvgIpc) is 2.87. The van der Waals surface area contributed by atoms with Gasteiger partial charge in [0.25, 0.3) is 0 Å². The third-order valence-electron chi connectivity index (χ3n) is 3.16. The predicted molar refractivity (Wildman–Crippen MR) is 87.1 cm³/mol. The lowest BCUT2D eigenvalue weighted by molar-refractivity contribution is 0.232. The quantitative estimate of drug-likeness (QED) is 0.653. The Labute approximate surface area is 129 Å². The van der Waals surface area contributed by atoms with E-state index in [0.29, 0.717) is 6.04 Å². The summed E-state index contributed by atoms with van der Waals surface area (Å²) in [7, 11) is 1.66. The van der Waals surface area contributed by atoms with Crippen LogP contribution in [0.15, 0.2) is 23.4 Å². The zero-order chi connectivity index (χ0) is 15.2. The molecule has 0 saturated heterocycles. The van der Waals surface area contributed by atoms with Crippen molar-refractivity contribution < 1.29 is 9.84 Å². The van der Waals surface area contributed by atoms with Crippen molar-refractivity contribution in [1.82, 2.24) is 15.3 Å². The Balaban J connectivity index is 1.91. The number of aliphatic hydroxyl groups excluding tert-OH is 1. The van der Waals surface area contributed by atoms with Crippen LogP contribution in [-0.2, 0) is 0 Å². The van der Waals surface area contributed by atoms with Gasteiger partial charge in [-0.1, -0.05) is 25.6 Å². The third kappa shape index (κ3) is 4.62. The van der Waals surface area contributed by atoms with Crippen LogP contribution in [0.4, 0.5) is 0 Å². The van der Waals surface area contributed by atoms with E-state index in [2.05, 4.69) is 29.1 Å². The molecule has 0 aliphatic heterocycles. The largest absolute Gasteiger partial charge is 0.497 e. The second-order valence-electron chi connectivity index (χ2n) is 5.26. The minimum atomic E-state index is 0.141. The first kappa shape index (κ1) is 16.1. The number of benzene rings is 1. The van der Waals surface area contributed by atoms with Gasteiger partial charge in [0.2, 0.25) is 0 Å². The van der Waals surface area contributed by atoms with E-state index in [4.69, 9.17) is 4.74 Å². The van der Waals surface area contributed by atoms with Gasteiger partial charge in [-0.15, -0.1) is 0 Å². The van der Waals surface area contributed by atoms with Gasteiger partial charge in [-0.2, -0.15) is 0 Å². The van der Waals surface area contributed by atoms with Crippen LogP contribution in [0.3, 0.4) is 0 Å². The molecule has 2 aromatic rings. The Hall–Kier alpha value is -1.24. The Morgan fingerprint density at radius 2 is 2.24 bits per heavy atom. The highest BCUT2D eigenvalue weighted by Gasteiger charge is 2.10. The van der Waals surface area contributed by atoms with E-state index in [9.17, 15) is 5.11 Å². The summed E-state index contributed by atoms with van der Waals surface area (Å²) < 4.78 is 5.20. The van der Waals surface area contributed by atoms with E-state index in [0.717, 1.165) is 34.1 Å². The van der Waals surface area contributed by atoms with E-state index in [1.54, 1.807) is 18.9 Å². The summed E-state index contributed by atoms with van der Waals surface area (Å²) in [4.78, 5) is 7.83. The number of imidazole rings is 1. The summed E-state index contributed by atoms with van der Waals surface area (Å²) in [6.07, 6.45) is 0.902. The van der Waals surface area contributed by atoms with Crippen LogP contribution < -0.4 is 10.1 Å². The van der Waals surface area contributed by atoms with Crippen LogP contribution in [0, 0.1) is 0 Å². The average molecular weight is 309 g/mol. The highest BCUT2D eigenvalue weighted by molar-refractivity contribution is 7.99. The number of rotatable bonds is 8. The summed E-state index contributed by atoms with van der Waals surface area (Å²) in [6.45, 7) is 4.33. The molecule has 0 aliphatic rings. The van der Waals surface area contributed by atoms with Gasteiger partial charge in [-0.25, -0.2) is 4.98 Å². The van der Waals surface area contributed by atoms with Crippen molar-refractivity contribution in [2.75, 3.05) is 19.5 Å². The number of fused-ring (bicyclic) bond motifs is 1. The highest BCUT2D eigenvalue weighted by Crippen LogP contribution is 2.23. The highest BCUT2D eigenvalue weighted by atomic mass is 32.2.